The van der Waals surface area contributed by atoms with Crippen LogP contribution >= 0.6 is 0 Å². The minimum Gasteiger partial charge on any atom is -0.445 e. The van der Waals surface area contributed by atoms with Crippen LogP contribution in [0.25, 0.3) is 0 Å². The molecule has 1 heterocycles. The quantitative estimate of drug-likeness (QED) is 0.802. The molecule has 1 aliphatic heterocycles. The van der Waals surface area contributed by atoms with E-state index in [9.17, 15) is 4.79 Å². The Bertz CT molecular complexity index is 449. The highest BCUT2D eigenvalue weighted by atomic mass is 16.6. The molecule has 0 spiro atoms. The summed E-state index contributed by atoms with van der Waals surface area (Å²) >= 11 is 0. The molecule has 0 atom stereocenters. The van der Waals surface area contributed by atoms with Crippen molar-refractivity contribution in [3.63, 3.8) is 0 Å². The summed E-state index contributed by atoms with van der Waals surface area (Å²) in [6.45, 7) is 8.83. The lowest BCUT2D eigenvalue weighted by Gasteiger charge is -2.51. The van der Waals surface area contributed by atoms with Gasteiger partial charge in [-0.2, -0.15) is 0 Å². The predicted molar refractivity (Wildman–Crippen MR) is 80.5 cm³/mol. The fraction of sp³-hybridized carbons (Fsp3) is 0.588. The standard InChI is InChI=1S/C17H25NO2/c1-16(2)11-8-12-17(3,4)18(16)15(19)20-13-14-9-6-5-7-10-14/h5-7,9-10H,8,11-13H2,1-4H3. The highest BCUT2D eigenvalue weighted by Gasteiger charge is 2.45. The van der Waals surface area contributed by atoms with Crippen molar-refractivity contribution in [3.8, 4) is 0 Å². The van der Waals surface area contributed by atoms with E-state index < -0.39 is 0 Å². The van der Waals surface area contributed by atoms with E-state index in [1.807, 2.05) is 35.2 Å². The summed E-state index contributed by atoms with van der Waals surface area (Å²) in [4.78, 5) is 14.4. The molecule has 1 aromatic rings. The summed E-state index contributed by atoms with van der Waals surface area (Å²) in [7, 11) is 0. The lowest BCUT2D eigenvalue weighted by atomic mass is 9.80. The largest absolute Gasteiger partial charge is 0.445 e. The third kappa shape index (κ3) is 3.14. The predicted octanol–water partition coefficient (Wildman–Crippen LogP) is 4.37. The molecule has 1 fully saturated rings. The number of amides is 1. The van der Waals surface area contributed by atoms with E-state index in [-0.39, 0.29) is 17.2 Å². The Labute approximate surface area is 121 Å². The maximum atomic E-state index is 12.5. The van der Waals surface area contributed by atoms with Gasteiger partial charge in [0.1, 0.15) is 6.61 Å². The Morgan fingerprint density at radius 2 is 1.65 bits per heavy atom. The first-order chi connectivity index (χ1) is 9.33. The molecule has 1 amide bonds. The lowest BCUT2D eigenvalue weighted by Crippen LogP contribution is -2.61. The van der Waals surface area contributed by atoms with Crippen molar-refractivity contribution in [2.75, 3.05) is 0 Å². The zero-order valence-electron chi connectivity index (χ0n) is 13.0. The number of hydrogen-bond donors (Lipinski definition) is 0. The number of rotatable bonds is 2. The van der Waals surface area contributed by atoms with Crippen LogP contribution < -0.4 is 0 Å². The smallest absolute Gasteiger partial charge is 0.410 e. The molecule has 2 rings (SSSR count). The average Bonchev–Trinajstić information content (AvgIpc) is 2.35. The van der Waals surface area contributed by atoms with Gasteiger partial charge in [-0.25, -0.2) is 4.79 Å². The molecule has 0 aromatic heterocycles. The Hall–Kier alpha value is -1.51. The number of ether oxygens (including phenoxy) is 1. The molecule has 20 heavy (non-hydrogen) atoms. The number of hydrogen-bond acceptors (Lipinski definition) is 2. The number of likely N-dealkylation sites (tertiary alicyclic amines) is 1. The Morgan fingerprint density at radius 1 is 1.10 bits per heavy atom. The van der Waals surface area contributed by atoms with Crippen LogP contribution in [0.5, 0.6) is 0 Å². The van der Waals surface area contributed by atoms with E-state index in [1.165, 1.54) is 0 Å². The van der Waals surface area contributed by atoms with Crippen molar-refractivity contribution >= 4 is 6.09 Å². The van der Waals surface area contributed by atoms with E-state index in [2.05, 4.69) is 27.7 Å². The first kappa shape index (κ1) is 14.9. The molecule has 0 radical (unpaired) electrons. The van der Waals surface area contributed by atoms with E-state index in [4.69, 9.17) is 4.74 Å². The van der Waals surface area contributed by atoms with Crippen LogP contribution in [0.3, 0.4) is 0 Å². The zero-order chi connectivity index (χ0) is 14.8. The first-order valence-corrected chi connectivity index (χ1v) is 7.34. The fourth-order valence-corrected chi connectivity index (χ4v) is 3.27. The van der Waals surface area contributed by atoms with Crippen LogP contribution in [-0.2, 0) is 11.3 Å². The van der Waals surface area contributed by atoms with Crippen molar-refractivity contribution in [2.45, 2.75) is 64.6 Å². The molecule has 0 saturated carbocycles. The minimum absolute atomic E-state index is 0.143. The van der Waals surface area contributed by atoms with Crippen molar-refractivity contribution in [1.29, 1.82) is 0 Å². The summed E-state index contributed by atoms with van der Waals surface area (Å²) in [6, 6.07) is 9.82. The molecule has 0 unspecified atom stereocenters. The summed E-state index contributed by atoms with van der Waals surface area (Å²) in [5, 5.41) is 0. The van der Waals surface area contributed by atoms with Gasteiger partial charge in [0.15, 0.2) is 0 Å². The van der Waals surface area contributed by atoms with Crippen LogP contribution in [-0.4, -0.2) is 22.1 Å². The highest BCUT2D eigenvalue weighted by molar-refractivity contribution is 5.70. The van der Waals surface area contributed by atoms with Crippen LogP contribution in [0.2, 0.25) is 0 Å². The second-order valence-electron chi connectivity index (χ2n) is 6.85. The topological polar surface area (TPSA) is 29.5 Å². The van der Waals surface area contributed by atoms with Gasteiger partial charge in [0.25, 0.3) is 0 Å². The molecule has 0 aliphatic carbocycles. The van der Waals surface area contributed by atoms with Gasteiger partial charge >= 0.3 is 6.09 Å². The second-order valence-corrected chi connectivity index (χ2v) is 6.85. The van der Waals surface area contributed by atoms with Gasteiger partial charge in [0.2, 0.25) is 0 Å². The number of carbonyl (C=O) groups is 1. The van der Waals surface area contributed by atoms with Crippen LogP contribution in [0.1, 0.15) is 52.5 Å². The molecule has 1 aliphatic rings. The minimum atomic E-state index is -0.205. The summed E-state index contributed by atoms with van der Waals surface area (Å²) in [5.41, 5.74) is 0.735. The molecule has 110 valence electrons. The number of nitrogens with zero attached hydrogens (tertiary/aromatic N) is 1. The molecular formula is C17H25NO2. The van der Waals surface area contributed by atoms with Crippen molar-refractivity contribution < 1.29 is 9.53 Å². The van der Waals surface area contributed by atoms with E-state index in [0.717, 1.165) is 24.8 Å². The Morgan fingerprint density at radius 3 is 2.20 bits per heavy atom. The molecule has 1 saturated heterocycles. The van der Waals surface area contributed by atoms with Gasteiger partial charge in [-0.15, -0.1) is 0 Å². The van der Waals surface area contributed by atoms with E-state index in [1.54, 1.807) is 0 Å². The molecule has 3 nitrogen and oxygen atoms in total. The number of carbonyl (C=O) groups excluding carboxylic acids is 1. The summed E-state index contributed by atoms with van der Waals surface area (Å²) in [6.07, 6.45) is 3.00. The number of piperidine rings is 1. The van der Waals surface area contributed by atoms with E-state index in [0.29, 0.717) is 6.61 Å². The maximum Gasteiger partial charge on any atom is 0.410 e. The monoisotopic (exact) mass is 275 g/mol. The van der Waals surface area contributed by atoms with E-state index >= 15 is 0 Å². The Balaban J connectivity index is 2.06. The van der Waals surface area contributed by atoms with Gasteiger partial charge in [0.05, 0.1) is 0 Å². The highest BCUT2D eigenvalue weighted by Crippen LogP contribution is 2.38. The van der Waals surface area contributed by atoms with Gasteiger partial charge in [-0.1, -0.05) is 30.3 Å². The second kappa shape index (κ2) is 5.47. The third-order valence-electron chi connectivity index (χ3n) is 4.18. The maximum absolute atomic E-state index is 12.5. The fourth-order valence-electron chi connectivity index (χ4n) is 3.27. The van der Waals surface area contributed by atoms with Crippen molar-refractivity contribution in [1.82, 2.24) is 4.90 Å². The normalized spacial score (nSPS) is 20.5. The first-order valence-electron chi connectivity index (χ1n) is 7.34. The average molecular weight is 275 g/mol. The van der Waals surface area contributed by atoms with Crippen LogP contribution in [0.15, 0.2) is 30.3 Å². The van der Waals surface area contributed by atoms with Gasteiger partial charge in [-0.05, 0) is 52.5 Å². The molecule has 3 heteroatoms. The molecule has 1 aromatic carbocycles. The van der Waals surface area contributed by atoms with Crippen LogP contribution in [0, 0.1) is 0 Å². The Kier molecular flexibility index (Phi) is 4.07. The molecular weight excluding hydrogens is 250 g/mol. The van der Waals surface area contributed by atoms with Crippen molar-refractivity contribution in [2.24, 2.45) is 0 Å². The van der Waals surface area contributed by atoms with Gasteiger partial charge < -0.3 is 4.74 Å². The molecule has 0 N–H and O–H groups in total. The molecule has 0 bridgehead atoms. The van der Waals surface area contributed by atoms with Crippen LogP contribution in [0.4, 0.5) is 4.79 Å². The summed E-state index contributed by atoms with van der Waals surface area (Å²) in [5.74, 6) is 0. The van der Waals surface area contributed by atoms with Gasteiger partial charge in [-0.3, -0.25) is 4.90 Å². The van der Waals surface area contributed by atoms with Crippen molar-refractivity contribution in [3.05, 3.63) is 35.9 Å². The number of benzene rings is 1. The zero-order valence-corrected chi connectivity index (χ0v) is 13.0. The lowest BCUT2D eigenvalue weighted by molar-refractivity contribution is -0.0258. The SMILES string of the molecule is CC1(C)CCCC(C)(C)N1C(=O)OCc1ccccc1. The third-order valence-corrected chi connectivity index (χ3v) is 4.18. The summed E-state index contributed by atoms with van der Waals surface area (Å²) < 4.78 is 5.53. The van der Waals surface area contributed by atoms with Gasteiger partial charge in [0, 0.05) is 11.1 Å².